The molecule has 2 aromatic rings. The molecule has 0 aliphatic heterocycles. The van der Waals surface area contributed by atoms with Crippen molar-refractivity contribution in [3.63, 3.8) is 0 Å². The van der Waals surface area contributed by atoms with Crippen molar-refractivity contribution in [2.45, 2.75) is 40.8 Å². The summed E-state index contributed by atoms with van der Waals surface area (Å²) in [6.45, 7) is 15.1. The summed E-state index contributed by atoms with van der Waals surface area (Å²) in [5.41, 5.74) is 1.11. The molecule has 0 atom stereocenters. The normalized spacial score (nSPS) is 11.5. The van der Waals surface area contributed by atoms with Crippen molar-refractivity contribution in [1.29, 1.82) is 0 Å². The zero-order chi connectivity index (χ0) is 15.6. The zero-order valence-electron chi connectivity index (χ0n) is 13.3. The minimum absolute atomic E-state index is 0.0592. The number of rotatable bonds is 6. The van der Waals surface area contributed by atoms with E-state index in [1.807, 2.05) is 13.8 Å². The van der Waals surface area contributed by atoms with Crippen LogP contribution in [-0.4, -0.2) is 27.5 Å². The molecule has 0 aliphatic carbocycles. The molecular weight excluding hydrogens is 282 g/mol. The van der Waals surface area contributed by atoms with Crippen LogP contribution < -0.4 is 5.56 Å². The first-order valence-electron chi connectivity index (χ1n) is 7.36. The van der Waals surface area contributed by atoms with Crippen LogP contribution in [0.15, 0.2) is 17.4 Å². The SMILES string of the molecule is C=CCn1c(CN(CC)CC)nc2sc(C)c(C)c2c1=O. The van der Waals surface area contributed by atoms with E-state index in [0.29, 0.717) is 13.1 Å². The van der Waals surface area contributed by atoms with Crippen molar-refractivity contribution in [2.75, 3.05) is 13.1 Å². The van der Waals surface area contributed by atoms with Gasteiger partial charge in [0.15, 0.2) is 0 Å². The fraction of sp³-hybridized carbons (Fsp3) is 0.500. The molecule has 0 spiro atoms. The number of aromatic nitrogens is 2. The lowest BCUT2D eigenvalue weighted by atomic mass is 10.2. The van der Waals surface area contributed by atoms with Gasteiger partial charge in [0.1, 0.15) is 10.7 Å². The van der Waals surface area contributed by atoms with Crippen LogP contribution in [0.2, 0.25) is 0 Å². The zero-order valence-corrected chi connectivity index (χ0v) is 14.1. The first kappa shape index (κ1) is 15.9. The molecule has 0 radical (unpaired) electrons. The third kappa shape index (κ3) is 2.94. The molecule has 0 unspecified atom stereocenters. The van der Waals surface area contributed by atoms with Crippen LogP contribution in [0.1, 0.15) is 30.1 Å². The van der Waals surface area contributed by atoms with Crippen molar-refractivity contribution in [3.8, 4) is 0 Å². The summed E-state index contributed by atoms with van der Waals surface area (Å²) in [7, 11) is 0. The highest BCUT2D eigenvalue weighted by molar-refractivity contribution is 7.18. The summed E-state index contributed by atoms with van der Waals surface area (Å²) in [6.07, 6.45) is 1.76. The molecule has 0 saturated carbocycles. The summed E-state index contributed by atoms with van der Waals surface area (Å²) >= 11 is 1.61. The van der Waals surface area contributed by atoms with Gasteiger partial charge in [-0.1, -0.05) is 19.9 Å². The van der Waals surface area contributed by atoms with E-state index in [4.69, 9.17) is 4.98 Å². The highest BCUT2D eigenvalue weighted by Gasteiger charge is 2.16. The smallest absolute Gasteiger partial charge is 0.262 e. The van der Waals surface area contributed by atoms with E-state index in [1.165, 1.54) is 4.88 Å². The highest BCUT2D eigenvalue weighted by atomic mass is 32.1. The second-order valence-electron chi connectivity index (χ2n) is 5.16. The molecule has 2 rings (SSSR count). The van der Waals surface area contributed by atoms with E-state index in [9.17, 15) is 4.79 Å². The Kier molecular flexibility index (Phi) is 4.96. The minimum Gasteiger partial charge on any atom is -0.297 e. The number of hydrogen-bond acceptors (Lipinski definition) is 4. The van der Waals surface area contributed by atoms with E-state index >= 15 is 0 Å². The Morgan fingerprint density at radius 3 is 2.57 bits per heavy atom. The second kappa shape index (κ2) is 6.54. The highest BCUT2D eigenvalue weighted by Crippen LogP contribution is 2.26. The molecule has 21 heavy (non-hydrogen) atoms. The third-order valence-electron chi connectivity index (χ3n) is 3.94. The monoisotopic (exact) mass is 305 g/mol. The summed E-state index contributed by atoms with van der Waals surface area (Å²) in [6, 6.07) is 0. The van der Waals surface area contributed by atoms with Crippen molar-refractivity contribution in [3.05, 3.63) is 39.3 Å². The van der Waals surface area contributed by atoms with Gasteiger partial charge in [-0.3, -0.25) is 14.3 Å². The molecule has 4 nitrogen and oxygen atoms in total. The maximum Gasteiger partial charge on any atom is 0.262 e. The van der Waals surface area contributed by atoms with Crippen LogP contribution in [0.3, 0.4) is 0 Å². The largest absolute Gasteiger partial charge is 0.297 e. The van der Waals surface area contributed by atoms with Gasteiger partial charge in [0, 0.05) is 11.4 Å². The van der Waals surface area contributed by atoms with Gasteiger partial charge in [0.25, 0.3) is 5.56 Å². The van der Waals surface area contributed by atoms with Gasteiger partial charge in [-0.05, 0) is 32.5 Å². The molecule has 0 aliphatic rings. The first-order valence-corrected chi connectivity index (χ1v) is 8.17. The van der Waals surface area contributed by atoms with E-state index in [2.05, 4.69) is 25.3 Å². The first-order chi connectivity index (χ1) is 10.0. The summed E-state index contributed by atoms with van der Waals surface area (Å²) in [5.74, 6) is 0.831. The molecule has 0 saturated heterocycles. The average Bonchev–Trinajstić information content (AvgIpc) is 2.75. The van der Waals surface area contributed by atoms with E-state index in [-0.39, 0.29) is 5.56 Å². The fourth-order valence-electron chi connectivity index (χ4n) is 2.45. The van der Waals surface area contributed by atoms with Crippen LogP contribution in [0, 0.1) is 13.8 Å². The number of fused-ring (bicyclic) bond motifs is 1. The number of allylic oxidation sites excluding steroid dienone is 1. The number of nitrogens with zero attached hydrogens (tertiary/aromatic N) is 3. The molecule has 2 heterocycles. The maximum absolute atomic E-state index is 12.8. The van der Waals surface area contributed by atoms with Crippen LogP contribution in [0.5, 0.6) is 0 Å². The topological polar surface area (TPSA) is 38.1 Å². The lowest BCUT2D eigenvalue weighted by Gasteiger charge is -2.19. The van der Waals surface area contributed by atoms with Crippen molar-refractivity contribution in [1.82, 2.24) is 14.5 Å². The van der Waals surface area contributed by atoms with Crippen molar-refractivity contribution in [2.24, 2.45) is 0 Å². The van der Waals surface area contributed by atoms with E-state index < -0.39 is 0 Å². The molecular formula is C16H23N3OS. The molecule has 0 bridgehead atoms. The Labute approximate surface area is 129 Å². The minimum atomic E-state index is 0.0592. The lowest BCUT2D eigenvalue weighted by Crippen LogP contribution is -2.30. The van der Waals surface area contributed by atoms with Crippen molar-refractivity contribution < 1.29 is 0 Å². The predicted octanol–water partition coefficient (Wildman–Crippen LogP) is 3.10. The fourth-order valence-corrected chi connectivity index (χ4v) is 3.49. The Morgan fingerprint density at radius 2 is 2.00 bits per heavy atom. The second-order valence-corrected chi connectivity index (χ2v) is 6.36. The lowest BCUT2D eigenvalue weighted by molar-refractivity contribution is 0.283. The van der Waals surface area contributed by atoms with Gasteiger partial charge in [-0.15, -0.1) is 17.9 Å². The number of thiophene rings is 1. The molecule has 0 N–H and O–H groups in total. The van der Waals surface area contributed by atoms with Gasteiger partial charge >= 0.3 is 0 Å². The maximum atomic E-state index is 12.8. The molecule has 114 valence electrons. The Balaban J connectivity index is 2.65. The average molecular weight is 305 g/mol. The Bertz CT molecular complexity index is 710. The molecule has 0 fully saturated rings. The van der Waals surface area contributed by atoms with Gasteiger partial charge in [0.05, 0.1) is 11.9 Å². The predicted molar refractivity (Wildman–Crippen MR) is 90.2 cm³/mol. The van der Waals surface area contributed by atoms with Crippen LogP contribution in [0.4, 0.5) is 0 Å². The standard InChI is InChI=1S/C16H23N3OS/c1-6-9-19-13(10-18(7-2)8-3)17-15-14(16(19)20)11(4)12(5)21-15/h6H,1,7-10H2,2-5H3. The third-order valence-corrected chi connectivity index (χ3v) is 5.04. The van der Waals surface area contributed by atoms with Gasteiger partial charge in [-0.2, -0.15) is 0 Å². The van der Waals surface area contributed by atoms with Crippen molar-refractivity contribution >= 4 is 21.6 Å². The van der Waals surface area contributed by atoms with E-state index in [0.717, 1.165) is 34.7 Å². The van der Waals surface area contributed by atoms with Crippen LogP contribution in [-0.2, 0) is 13.1 Å². The summed E-state index contributed by atoms with van der Waals surface area (Å²) < 4.78 is 1.76. The van der Waals surface area contributed by atoms with Gasteiger partial charge in [-0.25, -0.2) is 4.98 Å². The quantitative estimate of drug-likeness (QED) is 0.770. The van der Waals surface area contributed by atoms with Crippen LogP contribution >= 0.6 is 11.3 Å². The molecule has 2 aromatic heterocycles. The van der Waals surface area contributed by atoms with Gasteiger partial charge in [0.2, 0.25) is 0 Å². The molecule has 0 amide bonds. The van der Waals surface area contributed by atoms with E-state index in [1.54, 1.807) is 22.0 Å². The Morgan fingerprint density at radius 1 is 1.33 bits per heavy atom. The number of aryl methyl sites for hydroxylation is 2. The van der Waals surface area contributed by atoms with Crippen LogP contribution in [0.25, 0.3) is 10.2 Å². The Hall–Kier alpha value is -1.46. The molecule has 5 heteroatoms. The number of hydrogen-bond donors (Lipinski definition) is 0. The summed E-state index contributed by atoms with van der Waals surface area (Å²) in [4.78, 5) is 21.8. The van der Waals surface area contributed by atoms with Gasteiger partial charge < -0.3 is 0 Å². The summed E-state index contributed by atoms with van der Waals surface area (Å²) in [5, 5.41) is 0.766. The molecule has 0 aromatic carbocycles.